The van der Waals surface area contributed by atoms with Crippen molar-refractivity contribution in [1.82, 2.24) is 9.47 Å². The number of benzene rings is 2. The summed E-state index contributed by atoms with van der Waals surface area (Å²) in [6, 6.07) is 10.6. The van der Waals surface area contributed by atoms with Gasteiger partial charge in [-0.05, 0) is 67.1 Å². The van der Waals surface area contributed by atoms with Crippen molar-refractivity contribution >= 4 is 23.0 Å². The van der Waals surface area contributed by atoms with Crippen LogP contribution in [0.2, 0.25) is 0 Å². The van der Waals surface area contributed by atoms with E-state index in [1.165, 1.54) is 17.9 Å². The highest BCUT2D eigenvalue weighted by Gasteiger charge is 2.58. The summed E-state index contributed by atoms with van der Waals surface area (Å²) in [5.74, 6) is -2.40. The Morgan fingerprint density at radius 2 is 1.84 bits per heavy atom. The van der Waals surface area contributed by atoms with Crippen molar-refractivity contribution in [2.45, 2.75) is 51.1 Å². The predicted octanol–water partition coefficient (Wildman–Crippen LogP) is 6.02. The molecule has 2 heterocycles. The van der Waals surface area contributed by atoms with E-state index in [-0.39, 0.29) is 18.9 Å². The first-order valence-corrected chi connectivity index (χ1v) is 12.3. The molecule has 5 rings (SSSR count). The average Bonchev–Trinajstić information content (AvgIpc) is 3.31. The molecule has 1 aromatic heterocycles. The van der Waals surface area contributed by atoms with Crippen LogP contribution >= 0.6 is 0 Å². The zero-order chi connectivity index (χ0) is 26.5. The summed E-state index contributed by atoms with van der Waals surface area (Å²) >= 11 is 0. The topological polar surface area (TPSA) is 81.0 Å². The third-order valence-corrected chi connectivity index (χ3v) is 8.00. The molecule has 2 aliphatic rings. The number of fused-ring (bicyclic) bond motifs is 1. The van der Waals surface area contributed by atoms with Gasteiger partial charge in [-0.2, -0.15) is 0 Å². The minimum absolute atomic E-state index is 0.107. The second-order valence-corrected chi connectivity index (χ2v) is 10.4. The number of carbonyl (C=O) groups excluding carboxylic acids is 1. The maximum Gasteiger partial charge on any atom is 0.416 e. The van der Waals surface area contributed by atoms with Crippen molar-refractivity contribution in [3.63, 3.8) is 0 Å². The molecule has 9 heteroatoms. The van der Waals surface area contributed by atoms with Crippen molar-refractivity contribution in [1.29, 1.82) is 0 Å². The molecule has 0 radical (unpaired) electrons. The second-order valence-electron chi connectivity index (χ2n) is 10.4. The van der Waals surface area contributed by atoms with Crippen molar-refractivity contribution < 1.29 is 33.0 Å². The molecule has 1 saturated heterocycles. The fourth-order valence-corrected chi connectivity index (χ4v) is 6.29. The summed E-state index contributed by atoms with van der Waals surface area (Å²) in [4.78, 5) is 26.0. The lowest BCUT2D eigenvalue weighted by Crippen LogP contribution is -2.53. The van der Waals surface area contributed by atoms with Crippen LogP contribution in [-0.2, 0) is 11.3 Å². The van der Waals surface area contributed by atoms with Gasteiger partial charge in [0.1, 0.15) is 5.75 Å². The van der Waals surface area contributed by atoms with E-state index in [1.54, 1.807) is 25.3 Å². The van der Waals surface area contributed by atoms with Crippen LogP contribution in [0.1, 0.15) is 58.8 Å². The monoisotopic (exact) mass is 512 g/mol. The van der Waals surface area contributed by atoms with Gasteiger partial charge in [-0.3, -0.25) is 9.47 Å². The number of rotatable bonds is 5. The van der Waals surface area contributed by atoms with Crippen LogP contribution in [0.4, 0.5) is 13.6 Å². The number of esters is 1. The maximum absolute atomic E-state index is 14.0. The Hall–Kier alpha value is -3.46. The molecule has 1 atom stereocenters. The first kappa shape index (κ1) is 25.2. The zero-order valence-corrected chi connectivity index (χ0v) is 21.1. The highest BCUT2D eigenvalue weighted by Crippen LogP contribution is 2.60. The predicted molar refractivity (Wildman–Crippen MR) is 133 cm³/mol. The van der Waals surface area contributed by atoms with Crippen LogP contribution in [0.3, 0.4) is 0 Å². The Morgan fingerprint density at radius 1 is 1.14 bits per heavy atom. The van der Waals surface area contributed by atoms with Crippen molar-refractivity contribution in [2.75, 3.05) is 20.8 Å². The number of ether oxygens (including phenoxy) is 2. The van der Waals surface area contributed by atoms with Gasteiger partial charge in [0.05, 0.1) is 25.3 Å². The molecule has 0 amide bonds. The normalized spacial score (nSPS) is 20.5. The minimum atomic E-state index is -2.62. The Labute approximate surface area is 213 Å². The maximum atomic E-state index is 14.0. The molecule has 2 aromatic carbocycles. The van der Waals surface area contributed by atoms with E-state index in [9.17, 15) is 23.5 Å². The number of carbonyl (C=O) groups is 2. The standard InChI is InChI=1S/C28H30F2N2O5/c1-17-12-23(36-2)21(20-8-10-32(24(17)20)26(34)35)14-31-11-9-27(15-28(29,30)16-27)13-22(31)18-4-6-19(7-5-18)25(33)37-3/h4-8,10,12,22H,9,11,13-16H2,1-3H3,(H,34,35)/t22-/m1/s1. The number of aromatic nitrogens is 1. The van der Waals surface area contributed by atoms with E-state index < -0.39 is 23.4 Å². The lowest BCUT2D eigenvalue weighted by Gasteiger charge is -2.54. The van der Waals surface area contributed by atoms with E-state index in [2.05, 4.69) is 4.90 Å². The van der Waals surface area contributed by atoms with E-state index in [0.29, 0.717) is 42.8 Å². The number of likely N-dealkylation sites (tertiary alicyclic amines) is 1. The van der Waals surface area contributed by atoms with Crippen LogP contribution in [0.5, 0.6) is 5.75 Å². The van der Waals surface area contributed by atoms with Crippen LogP contribution in [0, 0.1) is 12.3 Å². The largest absolute Gasteiger partial charge is 0.496 e. The molecule has 1 aliphatic carbocycles. The number of methoxy groups -OCH3 is 2. The van der Waals surface area contributed by atoms with Gasteiger partial charge >= 0.3 is 12.1 Å². The number of alkyl halides is 2. The third-order valence-electron chi connectivity index (χ3n) is 8.00. The zero-order valence-electron chi connectivity index (χ0n) is 21.1. The third kappa shape index (κ3) is 4.45. The summed E-state index contributed by atoms with van der Waals surface area (Å²) in [6.45, 7) is 2.91. The number of piperidine rings is 1. The number of hydrogen-bond acceptors (Lipinski definition) is 5. The summed E-state index contributed by atoms with van der Waals surface area (Å²) in [7, 11) is 2.91. The van der Waals surface area contributed by atoms with E-state index in [4.69, 9.17) is 9.47 Å². The summed E-state index contributed by atoms with van der Waals surface area (Å²) < 4.78 is 39.7. The molecule has 3 aromatic rings. The fraction of sp³-hybridized carbons (Fsp3) is 0.429. The molecule has 196 valence electrons. The molecule has 0 unspecified atom stereocenters. The van der Waals surface area contributed by atoms with Crippen LogP contribution in [0.25, 0.3) is 10.9 Å². The lowest BCUT2D eigenvalue weighted by atomic mass is 9.59. The number of aryl methyl sites for hydroxylation is 1. The molecule has 2 fully saturated rings. The second kappa shape index (κ2) is 9.13. The number of carboxylic acid groups (broad SMARTS) is 1. The van der Waals surface area contributed by atoms with Gasteiger partial charge < -0.3 is 14.6 Å². The molecule has 0 bridgehead atoms. The van der Waals surface area contributed by atoms with E-state index in [1.807, 2.05) is 25.1 Å². The van der Waals surface area contributed by atoms with Crippen LogP contribution < -0.4 is 4.74 Å². The SMILES string of the molecule is COC(=O)c1ccc([C@H]2CC3(CCN2Cc2c(OC)cc(C)c4c2ccn4C(=O)O)CC(F)(F)C3)cc1. The molecule has 1 spiro atoms. The summed E-state index contributed by atoms with van der Waals surface area (Å²) in [6.07, 6.45) is 1.49. The van der Waals surface area contributed by atoms with Gasteiger partial charge in [-0.15, -0.1) is 0 Å². The van der Waals surface area contributed by atoms with Crippen LogP contribution in [0.15, 0.2) is 42.6 Å². The van der Waals surface area contributed by atoms with Gasteiger partial charge in [0.2, 0.25) is 5.92 Å². The molecule has 37 heavy (non-hydrogen) atoms. The van der Waals surface area contributed by atoms with Crippen LogP contribution in [-0.4, -0.2) is 53.3 Å². The van der Waals surface area contributed by atoms with Crippen molar-refractivity contribution in [2.24, 2.45) is 5.41 Å². The smallest absolute Gasteiger partial charge is 0.416 e. The van der Waals surface area contributed by atoms with Crippen molar-refractivity contribution in [3.8, 4) is 5.75 Å². The first-order valence-electron chi connectivity index (χ1n) is 12.3. The molecule has 1 N–H and O–H groups in total. The Balaban J connectivity index is 1.53. The Bertz CT molecular complexity index is 1360. The van der Waals surface area contributed by atoms with Gasteiger partial charge in [0.25, 0.3) is 0 Å². The lowest BCUT2D eigenvalue weighted by molar-refractivity contribution is -0.186. The Kier molecular flexibility index (Phi) is 6.22. The summed E-state index contributed by atoms with van der Waals surface area (Å²) in [5.41, 5.74) is 3.20. The van der Waals surface area contributed by atoms with Gasteiger partial charge in [-0.1, -0.05) is 12.1 Å². The molecule has 1 saturated carbocycles. The van der Waals surface area contributed by atoms with E-state index >= 15 is 0 Å². The van der Waals surface area contributed by atoms with Gasteiger partial charge in [0.15, 0.2) is 0 Å². The first-order chi connectivity index (χ1) is 17.6. The highest BCUT2D eigenvalue weighted by molar-refractivity contribution is 5.94. The fourth-order valence-electron chi connectivity index (χ4n) is 6.29. The van der Waals surface area contributed by atoms with Crippen molar-refractivity contribution in [3.05, 3.63) is 64.8 Å². The molecule has 7 nitrogen and oxygen atoms in total. The molecular formula is C28H30F2N2O5. The summed E-state index contributed by atoms with van der Waals surface area (Å²) in [5, 5.41) is 10.5. The quantitative estimate of drug-likeness (QED) is 0.421. The number of nitrogens with zero attached hydrogens (tertiary/aromatic N) is 2. The average molecular weight is 513 g/mol. The number of halogens is 2. The molecule has 1 aliphatic heterocycles. The van der Waals surface area contributed by atoms with E-state index in [0.717, 1.165) is 22.1 Å². The Morgan fingerprint density at radius 3 is 2.43 bits per heavy atom. The number of hydrogen-bond donors (Lipinski definition) is 1. The highest BCUT2D eigenvalue weighted by atomic mass is 19.3. The van der Waals surface area contributed by atoms with Gasteiger partial charge in [-0.25, -0.2) is 18.4 Å². The minimum Gasteiger partial charge on any atom is -0.496 e. The molecular weight excluding hydrogens is 482 g/mol. The van der Waals surface area contributed by atoms with Gasteiger partial charge in [0, 0.05) is 42.6 Å².